The van der Waals surface area contributed by atoms with Crippen LogP contribution in [0.5, 0.6) is 0 Å². The third kappa shape index (κ3) is 3.88. The van der Waals surface area contributed by atoms with Gasteiger partial charge in [0.05, 0.1) is 11.6 Å². The molecule has 0 saturated heterocycles. The molecule has 0 aliphatic carbocycles. The molecule has 6 nitrogen and oxygen atoms in total. The van der Waals surface area contributed by atoms with Crippen molar-refractivity contribution in [1.82, 2.24) is 14.5 Å². The average molecular weight is 357 g/mol. The molecule has 1 heterocycles. The Morgan fingerprint density at radius 3 is 2.60 bits per heavy atom. The summed E-state index contributed by atoms with van der Waals surface area (Å²) in [6.45, 7) is 1.70. The lowest BCUT2D eigenvalue weighted by Crippen LogP contribution is -2.34. The fourth-order valence-electron chi connectivity index (χ4n) is 2.78. The molecule has 3 aromatic rings. The first-order valence-electron chi connectivity index (χ1n) is 7.86. The van der Waals surface area contributed by atoms with E-state index in [2.05, 4.69) is 9.82 Å². The predicted molar refractivity (Wildman–Crippen MR) is 96.3 cm³/mol. The minimum Gasteiger partial charge on any atom is -0.276 e. The normalized spacial score (nSPS) is 12.9. The zero-order valence-corrected chi connectivity index (χ0v) is 14.8. The average Bonchev–Trinajstić information content (AvgIpc) is 2.97. The lowest BCUT2D eigenvalue weighted by atomic mass is 9.94. The third-order valence-corrected chi connectivity index (χ3v) is 5.23. The molecule has 0 saturated carbocycles. The van der Waals surface area contributed by atoms with Crippen molar-refractivity contribution in [2.75, 3.05) is 0 Å². The Labute approximate surface area is 146 Å². The van der Waals surface area contributed by atoms with Crippen LogP contribution in [0.15, 0.2) is 54.7 Å². The maximum Gasteiger partial charge on any atom is 0.240 e. The molecule has 0 aliphatic rings. The van der Waals surface area contributed by atoms with Crippen LogP contribution in [0, 0.1) is 0 Å². The Hall–Kier alpha value is -2.67. The van der Waals surface area contributed by atoms with Gasteiger partial charge in [-0.05, 0) is 29.3 Å². The summed E-state index contributed by atoms with van der Waals surface area (Å²) >= 11 is 0. The number of aromatic nitrogens is 2. The molecule has 1 atom stereocenters. The van der Waals surface area contributed by atoms with Crippen molar-refractivity contribution in [1.29, 1.82) is 0 Å². The molecule has 1 N–H and O–H groups in total. The van der Waals surface area contributed by atoms with Crippen LogP contribution in [0.25, 0.3) is 10.8 Å². The van der Waals surface area contributed by atoms with Crippen molar-refractivity contribution in [3.8, 4) is 0 Å². The number of hydrogen-bond donors (Lipinski definition) is 1. The summed E-state index contributed by atoms with van der Waals surface area (Å²) in [5.41, 5.74) is 1.18. The van der Waals surface area contributed by atoms with Gasteiger partial charge in [-0.2, -0.15) is 5.10 Å². The number of benzene rings is 2. The maximum absolute atomic E-state index is 12.5. The van der Waals surface area contributed by atoms with Crippen molar-refractivity contribution in [3.63, 3.8) is 0 Å². The molecule has 3 rings (SSSR count). The van der Waals surface area contributed by atoms with Crippen LogP contribution >= 0.6 is 0 Å². The molecule has 7 heteroatoms. The number of aryl methyl sites for hydroxylation is 1. The van der Waals surface area contributed by atoms with Gasteiger partial charge in [0.2, 0.25) is 15.9 Å². The van der Waals surface area contributed by atoms with Crippen molar-refractivity contribution in [2.24, 2.45) is 7.05 Å². The standard InChI is InChI=1S/C18H19N3O3S/c1-13(16-9-5-7-14-6-3-4-8-17(14)16)18(22)20-25(23,24)12-15-10-11-21(2)19-15/h3-11,13H,12H2,1-2H3,(H,20,22). The first-order chi connectivity index (χ1) is 11.9. The summed E-state index contributed by atoms with van der Waals surface area (Å²) in [6.07, 6.45) is 1.66. The number of carbonyl (C=O) groups is 1. The van der Waals surface area contributed by atoms with E-state index < -0.39 is 21.8 Å². The minimum atomic E-state index is -3.80. The number of nitrogens with zero attached hydrogens (tertiary/aromatic N) is 2. The highest BCUT2D eigenvalue weighted by Crippen LogP contribution is 2.25. The van der Waals surface area contributed by atoms with Gasteiger partial charge in [0.25, 0.3) is 0 Å². The number of amides is 1. The van der Waals surface area contributed by atoms with E-state index in [9.17, 15) is 13.2 Å². The Morgan fingerprint density at radius 1 is 1.16 bits per heavy atom. The fraction of sp³-hybridized carbons (Fsp3) is 0.222. The van der Waals surface area contributed by atoms with Gasteiger partial charge in [0, 0.05) is 13.2 Å². The Kier molecular flexibility index (Phi) is 4.59. The first-order valence-corrected chi connectivity index (χ1v) is 9.51. The molecule has 0 radical (unpaired) electrons. The fourth-order valence-corrected chi connectivity index (χ4v) is 3.88. The van der Waals surface area contributed by atoms with E-state index in [0.717, 1.165) is 16.3 Å². The number of carbonyl (C=O) groups excluding carboxylic acids is 1. The van der Waals surface area contributed by atoms with Crippen LogP contribution in [0.1, 0.15) is 24.1 Å². The molecule has 0 fully saturated rings. The van der Waals surface area contributed by atoms with Gasteiger partial charge in [-0.25, -0.2) is 8.42 Å². The van der Waals surface area contributed by atoms with Crippen molar-refractivity contribution >= 4 is 26.7 Å². The second-order valence-corrected chi connectivity index (χ2v) is 7.72. The highest BCUT2D eigenvalue weighted by Gasteiger charge is 2.23. The maximum atomic E-state index is 12.5. The summed E-state index contributed by atoms with van der Waals surface area (Å²) in [4.78, 5) is 12.5. The van der Waals surface area contributed by atoms with E-state index in [1.807, 2.05) is 42.5 Å². The lowest BCUT2D eigenvalue weighted by molar-refractivity contribution is -0.120. The minimum absolute atomic E-state index is 0.332. The quantitative estimate of drug-likeness (QED) is 0.760. The molecular weight excluding hydrogens is 338 g/mol. The second kappa shape index (κ2) is 6.68. The molecule has 1 amide bonds. The van der Waals surface area contributed by atoms with Crippen molar-refractivity contribution < 1.29 is 13.2 Å². The van der Waals surface area contributed by atoms with Gasteiger partial charge in [0.15, 0.2) is 0 Å². The predicted octanol–water partition coefficient (Wildman–Crippen LogP) is 2.32. The SMILES string of the molecule is CC(C(=O)NS(=O)(=O)Cc1ccn(C)n1)c1cccc2ccccc12. The van der Waals surface area contributed by atoms with E-state index in [0.29, 0.717) is 5.69 Å². The molecule has 0 bridgehead atoms. The van der Waals surface area contributed by atoms with E-state index in [4.69, 9.17) is 0 Å². The summed E-state index contributed by atoms with van der Waals surface area (Å²) in [6, 6.07) is 15.0. The van der Waals surface area contributed by atoms with Crippen LogP contribution < -0.4 is 4.72 Å². The molecule has 1 aromatic heterocycles. The Balaban J connectivity index is 1.80. The Morgan fingerprint density at radius 2 is 1.88 bits per heavy atom. The van der Waals surface area contributed by atoms with E-state index in [1.54, 1.807) is 26.2 Å². The van der Waals surface area contributed by atoms with Crippen LogP contribution in [0.4, 0.5) is 0 Å². The summed E-state index contributed by atoms with van der Waals surface area (Å²) in [5, 5.41) is 5.98. The van der Waals surface area contributed by atoms with Crippen LogP contribution in [-0.2, 0) is 27.6 Å². The molecule has 2 aromatic carbocycles. The molecule has 130 valence electrons. The largest absolute Gasteiger partial charge is 0.276 e. The number of nitrogens with one attached hydrogen (secondary N) is 1. The van der Waals surface area contributed by atoms with E-state index in [-0.39, 0.29) is 5.75 Å². The Bertz CT molecular complexity index is 1020. The lowest BCUT2D eigenvalue weighted by Gasteiger charge is -2.15. The number of rotatable bonds is 5. The highest BCUT2D eigenvalue weighted by atomic mass is 32.2. The molecule has 0 spiro atoms. The number of sulfonamides is 1. The highest BCUT2D eigenvalue weighted by molar-refractivity contribution is 7.89. The summed E-state index contributed by atoms with van der Waals surface area (Å²) < 4.78 is 28.2. The van der Waals surface area contributed by atoms with Gasteiger partial charge in [-0.1, -0.05) is 42.5 Å². The zero-order chi connectivity index (χ0) is 18.0. The second-order valence-electron chi connectivity index (χ2n) is 6.00. The number of fused-ring (bicyclic) bond motifs is 1. The first kappa shape index (κ1) is 17.2. The van der Waals surface area contributed by atoms with Crippen LogP contribution in [0.3, 0.4) is 0 Å². The van der Waals surface area contributed by atoms with E-state index in [1.165, 1.54) is 4.68 Å². The van der Waals surface area contributed by atoms with Gasteiger partial charge in [-0.15, -0.1) is 0 Å². The monoisotopic (exact) mass is 357 g/mol. The summed E-state index contributed by atoms with van der Waals surface area (Å²) in [7, 11) is -2.10. The van der Waals surface area contributed by atoms with Crippen molar-refractivity contribution in [2.45, 2.75) is 18.6 Å². The van der Waals surface area contributed by atoms with Crippen LogP contribution in [0.2, 0.25) is 0 Å². The summed E-state index contributed by atoms with van der Waals surface area (Å²) in [5.74, 6) is -1.47. The van der Waals surface area contributed by atoms with Gasteiger partial charge < -0.3 is 0 Å². The smallest absolute Gasteiger partial charge is 0.240 e. The number of hydrogen-bond acceptors (Lipinski definition) is 4. The zero-order valence-electron chi connectivity index (χ0n) is 14.0. The van der Waals surface area contributed by atoms with Gasteiger partial charge >= 0.3 is 0 Å². The molecule has 1 unspecified atom stereocenters. The van der Waals surface area contributed by atoms with Gasteiger partial charge in [-0.3, -0.25) is 14.2 Å². The third-order valence-electron chi connectivity index (χ3n) is 4.05. The topological polar surface area (TPSA) is 81.1 Å². The molecular formula is C18H19N3O3S. The van der Waals surface area contributed by atoms with Gasteiger partial charge in [0.1, 0.15) is 5.75 Å². The van der Waals surface area contributed by atoms with Crippen molar-refractivity contribution in [3.05, 3.63) is 66.0 Å². The van der Waals surface area contributed by atoms with E-state index >= 15 is 0 Å². The molecule has 0 aliphatic heterocycles. The van der Waals surface area contributed by atoms with Crippen LogP contribution in [-0.4, -0.2) is 24.1 Å². The molecule has 25 heavy (non-hydrogen) atoms.